The zero-order valence-corrected chi connectivity index (χ0v) is 30.7. The molecule has 2 aliphatic heterocycles. The number of hydrogen-bond donors (Lipinski definition) is 4. The van der Waals surface area contributed by atoms with Crippen molar-refractivity contribution in [3.8, 4) is 22.3 Å². The Morgan fingerprint density at radius 2 is 0.920 bits per heavy atom. The molecule has 0 atom stereocenters. The standard InChI is InChI=1S/C44H48N6/c1-9-27-23(5)41-39(31-17-13-15-19-33(31)45)42-25(7)29(11-3)37(49-42)22-38-30(12-4)26(8)44(50-38)40(32-18-14-16-20-34(32)46)43-24(6)28(10-2)36(48-43)21-35(27)47-41/h13-22,47,50H,9-12,45-46H2,1-8H3. The number of nitrogens with zero attached hydrogens (tertiary/aromatic N) is 2. The number of aromatic nitrogens is 4. The van der Waals surface area contributed by atoms with Gasteiger partial charge in [0.1, 0.15) is 0 Å². The Hall–Kier alpha value is -5.36. The number of anilines is 2. The van der Waals surface area contributed by atoms with Crippen LogP contribution in [0.15, 0.2) is 60.7 Å². The summed E-state index contributed by atoms with van der Waals surface area (Å²) in [6.45, 7) is 17.7. The minimum atomic E-state index is 0.729. The van der Waals surface area contributed by atoms with Gasteiger partial charge < -0.3 is 21.4 Å². The van der Waals surface area contributed by atoms with E-state index in [0.717, 1.165) is 104 Å². The minimum Gasteiger partial charge on any atom is -0.398 e. The predicted molar refractivity (Wildman–Crippen MR) is 214 cm³/mol. The molecule has 0 fully saturated rings. The Morgan fingerprint density at radius 1 is 0.540 bits per heavy atom. The van der Waals surface area contributed by atoms with Crippen LogP contribution in [-0.2, 0) is 12.8 Å². The number of aryl methyl sites for hydroxylation is 4. The monoisotopic (exact) mass is 660 g/mol. The first-order chi connectivity index (χ1) is 24.1. The summed E-state index contributed by atoms with van der Waals surface area (Å²) in [5, 5.41) is 0. The van der Waals surface area contributed by atoms with Crippen molar-refractivity contribution in [2.75, 3.05) is 11.5 Å². The summed E-state index contributed by atoms with van der Waals surface area (Å²) in [5.74, 6) is 0. The summed E-state index contributed by atoms with van der Waals surface area (Å²) in [7, 11) is 0. The Balaban J connectivity index is 1.80. The van der Waals surface area contributed by atoms with Gasteiger partial charge >= 0.3 is 0 Å². The number of fused-ring (bicyclic) bond motifs is 8. The molecule has 0 aliphatic carbocycles. The minimum absolute atomic E-state index is 0.729. The highest BCUT2D eigenvalue weighted by Gasteiger charge is 2.26. The first-order valence-corrected chi connectivity index (χ1v) is 18.0. The van der Waals surface area contributed by atoms with E-state index >= 15 is 0 Å². The van der Waals surface area contributed by atoms with Crippen molar-refractivity contribution in [2.24, 2.45) is 0 Å². The molecule has 254 valence electrons. The average Bonchev–Trinajstić information content (AvgIpc) is 3.79. The van der Waals surface area contributed by atoms with Gasteiger partial charge in [0.2, 0.25) is 0 Å². The van der Waals surface area contributed by atoms with E-state index in [1.165, 1.54) is 44.5 Å². The molecule has 0 unspecified atom stereocenters. The van der Waals surface area contributed by atoms with E-state index in [9.17, 15) is 0 Å². The lowest BCUT2D eigenvalue weighted by molar-refractivity contribution is 1.14. The molecule has 0 amide bonds. The van der Waals surface area contributed by atoms with Crippen LogP contribution in [0.25, 0.3) is 66.6 Å². The summed E-state index contributed by atoms with van der Waals surface area (Å²) < 4.78 is 0. The second kappa shape index (κ2) is 12.8. The molecule has 7 rings (SSSR count). The Kier molecular flexibility index (Phi) is 8.51. The molecule has 0 saturated carbocycles. The number of aromatic amines is 2. The summed E-state index contributed by atoms with van der Waals surface area (Å²) in [6, 6.07) is 20.8. The molecular weight excluding hydrogens is 613 g/mol. The number of H-pyrrole nitrogens is 2. The van der Waals surface area contributed by atoms with Gasteiger partial charge in [-0.05, 0) is 122 Å². The number of allylic oxidation sites excluding steroid dienone is 4. The van der Waals surface area contributed by atoms with E-state index in [0.29, 0.717) is 0 Å². The van der Waals surface area contributed by atoms with Gasteiger partial charge in [-0.25, -0.2) is 9.97 Å². The summed E-state index contributed by atoms with van der Waals surface area (Å²) in [5.41, 5.74) is 36.9. The normalized spacial score (nSPS) is 13.1. The van der Waals surface area contributed by atoms with E-state index in [2.05, 4.69) is 102 Å². The molecule has 2 aromatic carbocycles. The molecule has 0 radical (unpaired) electrons. The SMILES string of the molecule is CCC1=C(C)c2nc1cc1[nH]c(c(C)c1CC)c(-c1ccccc1N)c1nc(cc3[nH]c(c(C)c3CC)c2-c2ccccc2N)C(CC)=C1C. The average molecular weight is 661 g/mol. The Morgan fingerprint density at radius 3 is 1.26 bits per heavy atom. The van der Waals surface area contributed by atoms with Crippen LogP contribution in [0.1, 0.15) is 99.4 Å². The molecule has 50 heavy (non-hydrogen) atoms. The largest absolute Gasteiger partial charge is 0.398 e. The molecule has 3 aromatic heterocycles. The topological polar surface area (TPSA) is 109 Å². The maximum Gasteiger partial charge on any atom is 0.0769 e. The van der Waals surface area contributed by atoms with Crippen LogP contribution in [0.5, 0.6) is 0 Å². The molecule has 0 saturated heterocycles. The fourth-order valence-corrected chi connectivity index (χ4v) is 8.29. The molecule has 6 heteroatoms. The Labute approximate surface area is 295 Å². The van der Waals surface area contributed by atoms with E-state index in [-0.39, 0.29) is 0 Å². The maximum atomic E-state index is 6.77. The highest BCUT2D eigenvalue weighted by Crippen LogP contribution is 2.45. The second-order valence-electron chi connectivity index (χ2n) is 13.6. The van der Waals surface area contributed by atoms with Gasteiger partial charge in [-0.1, -0.05) is 64.1 Å². The van der Waals surface area contributed by atoms with Crippen molar-refractivity contribution in [3.05, 3.63) is 106 Å². The third-order valence-electron chi connectivity index (χ3n) is 10.9. The molecule has 2 aliphatic rings. The zero-order chi connectivity index (χ0) is 35.4. The third kappa shape index (κ3) is 5.08. The predicted octanol–water partition coefficient (Wildman–Crippen LogP) is 11.2. The first kappa shape index (κ1) is 33.2. The molecule has 8 bridgehead atoms. The van der Waals surface area contributed by atoms with Gasteiger partial charge in [0, 0.05) is 44.7 Å². The number of hydrogen-bond acceptors (Lipinski definition) is 4. The van der Waals surface area contributed by atoms with Gasteiger partial charge in [0.15, 0.2) is 0 Å². The molecule has 6 N–H and O–H groups in total. The van der Waals surface area contributed by atoms with Crippen molar-refractivity contribution >= 4 is 55.7 Å². The van der Waals surface area contributed by atoms with Crippen LogP contribution >= 0.6 is 0 Å². The van der Waals surface area contributed by atoms with Crippen LogP contribution in [-0.4, -0.2) is 19.9 Å². The number of nitrogen functional groups attached to an aromatic ring is 2. The van der Waals surface area contributed by atoms with Crippen LogP contribution in [0, 0.1) is 13.8 Å². The van der Waals surface area contributed by atoms with E-state index in [1.54, 1.807) is 0 Å². The van der Waals surface area contributed by atoms with Gasteiger partial charge in [-0.2, -0.15) is 0 Å². The quantitative estimate of drug-likeness (QED) is 0.136. The van der Waals surface area contributed by atoms with Crippen molar-refractivity contribution < 1.29 is 0 Å². The Bertz CT molecular complexity index is 2260. The van der Waals surface area contributed by atoms with E-state index in [4.69, 9.17) is 21.4 Å². The molecular formula is C44H48N6. The summed E-state index contributed by atoms with van der Waals surface area (Å²) in [4.78, 5) is 18.8. The van der Waals surface area contributed by atoms with E-state index in [1.807, 2.05) is 24.3 Å². The van der Waals surface area contributed by atoms with E-state index < -0.39 is 0 Å². The number of nitrogens with two attached hydrogens (primary N) is 2. The number of benzene rings is 2. The molecule has 0 spiro atoms. The molecule has 5 aromatic rings. The molecule has 5 heterocycles. The smallest absolute Gasteiger partial charge is 0.0769 e. The lowest BCUT2D eigenvalue weighted by Crippen LogP contribution is -1.94. The van der Waals surface area contributed by atoms with Crippen LogP contribution in [0.2, 0.25) is 0 Å². The van der Waals surface area contributed by atoms with Crippen LogP contribution in [0.3, 0.4) is 0 Å². The van der Waals surface area contributed by atoms with Gasteiger partial charge in [0.25, 0.3) is 0 Å². The molecule has 6 nitrogen and oxygen atoms in total. The van der Waals surface area contributed by atoms with Crippen molar-refractivity contribution in [2.45, 2.75) is 81.1 Å². The zero-order valence-electron chi connectivity index (χ0n) is 30.7. The maximum absolute atomic E-state index is 6.77. The lowest BCUT2D eigenvalue weighted by Gasteiger charge is -2.10. The fourth-order valence-electron chi connectivity index (χ4n) is 8.29. The van der Waals surface area contributed by atoms with Crippen molar-refractivity contribution in [1.82, 2.24) is 19.9 Å². The number of nitrogens with one attached hydrogen (secondary N) is 2. The highest BCUT2D eigenvalue weighted by atomic mass is 14.8. The highest BCUT2D eigenvalue weighted by molar-refractivity contribution is 6.05. The summed E-state index contributed by atoms with van der Waals surface area (Å²) in [6.07, 6.45) is 3.45. The second-order valence-corrected chi connectivity index (χ2v) is 13.6. The lowest BCUT2D eigenvalue weighted by atomic mass is 9.94. The van der Waals surface area contributed by atoms with Gasteiger partial charge in [0.05, 0.1) is 33.8 Å². The van der Waals surface area contributed by atoms with Gasteiger partial charge in [-0.15, -0.1) is 0 Å². The fraction of sp³-hybridized carbons (Fsp3) is 0.273. The van der Waals surface area contributed by atoms with Crippen molar-refractivity contribution in [1.29, 1.82) is 0 Å². The van der Waals surface area contributed by atoms with Gasteiger partial charge in [-0.3, -0.25) is 0 Å². The van der Waals surface area contributed by atoms with Crippen LogP contribution in [0.4, 0.5) is 11.4 Å². The third-order valence-corrected chi connectivity index (χ3v) is 10.9. The number of para-hydroxylation sites is 2. The van der Waals surface area contributed by atoms with Crippen LogP contribution < -0.4 is 11.5 Å². The summed E-state index contributed by atoms with van der Waals surface area (Å²) >= 11 is 0. The number of rotatable bonds is 6. The first-order valence-electron chi connectivity index (χ1n) is 18.0. The van der Waals surface area contributed by atoms with Crippen molar-refractivity contribution in [3.63, 3.8) is 0 Å².